The van der Waals surface area contributed by atoms with Crippen molar-refractivity contribution in [1.29, 1.82) is 0 Å². The van der Waals surface area contributed by atoms with E-state index in [1.54, 1.807) is 0 Å². The molecule has 1 aromatic carbocycles. The van der Waals surface area contributed by atoms with Crippen molar-refractivity contribution >= 4 is 0 Å². The van der Waals surface area contributed by atoms with Crippen LogP contribution < -0.4 is 0 Å². The predicted octanol–water partition coefficient (Wildman–Crippen LogP) is 5.17. The highest BCUT2D eigenvalue weighted by Crippen LogP contribution is 2.43. The van der Waals surface area contributed by atoms with Crippen LogP contribution in [0.5, 0.6) is 5.75 Å². The van der Waals surface area contributed by atoms with Gasteiger partial charge in [-0.3, -0.25) is 0 Å². The zero-order chi connectivity index (χ0) is 12.8. The third-order valence-electron chi connectivity index (χ3n) is 4.55. The third kappa shape index (κ3) is 3.07. The van der Waals surface area contributed by atoms with Gasteiger partial charge in [-0.05, 0) is 42.4 Å². The maximum Gasteiger partial charge on any atom is 0.115 e. The highest BCUT2D eigenvalue weighted by molar-refractivity contribution is 5.32. The Morgan fingerprint density at radius 1 is 1.00 bits per heavy atom. The van der Waals surface area contributed by atoms with E-state index in [9.17, 15) is 5.11 Å². The van der Waals surface area contributed by atoms with Gasteiger partial charge in [0.15, 0.2) is 0 Å². The van der Waals surface area contributed by atoms with Crippen LogP contribution in [-0.4, -0.2) is 5.11 Å². The summed E-state index contributed by atoms with van der Waals surface area (Å²) < 4.78 is 0. The molecule has 0 aromatic heterocycles. The molecule has 18 heavy (non-hydrogen) atoms. The molecule has 2 rings (SSSR count). The van der Waals surface area contributed by atoms with Crippen LogP contribution in [-0.2, 0) is 5.41 Å². The van der Waals surface area contributed by atoms with Gasteiger partial charge in [0.05, 0.1) is 0 Å². The first-order chi connectivity index (χ1) is 8.77. The molecule has 0 unspecified atom stereocenters. The summed E-state index contributed by atoms with van der Waals surface area (Å²) in [4.78, 5) is 0. The molecule has 0 saturated heterocycles. The number of unbranched alkanes of at least 4 members (excludes halogenated alkanes) is 2. The lowest BCUT2D eigenvalue weighted by atomic mass is 9.66. The zero-order valence-corrected chi connectivity index (χ0v) is 11.6. The highest BCUT2D eigenvalue weighted by atomic mass is 16.3. The Hall–Kier alpha value is -0.980. The Labute approximate surface area is 111 Å². The van der Waals surface area contributed by atoms with Gasteiger partial charge in [0.1, 0.15) is 5.75 Å². The summed E-state index contributed by atoms with van der Waals surface area (Å²) in [6.07, 6.45) is 12.1. The lowest BCUT2D eigenvalue weighted by Gasteiger charge is -2.38. The summed E-state index contributed by atoms with van der Waals surface area (Å²) in [7, 11) is 0. The molecule has 0 radical (unpaired) electrons. The van der Waals surface area contributed by atoms with E-state index in [4.69, 9.17) is 0 Å². The fourth-order valence-electron chi connectivity index (χ4n) is 3.44. The molecule has 1 fully saturated rings. The van der Waals surface area contributed by atoms with E-state index < -0.39 is 0 Å². The molecular formula is C17H26O. The fourth-order valence-corrected chi connectivity index (χ4v) is 3.44. The topological polar surface area (TPSA) is 20.2 Å². The van der Waals surface area contributed by atoms with Gasteiger partial charge >= 0.3 is 0 Å². The number of hydrogen-bond acceptors (Lipinski definition) is 1. The molecular weight excluding hydrogens is 220 g/mol. The maximum atomic E-state index is 9.45. The smallest absolute Gasteiger partial charge is 0.115 e. The van der Waals surface area contributed by atoms with Crippen molar-refractivity contribution in [3.63, 3.8) is 0 Å². The van der Waals surface area contributed by atoms with Gasteiger partial charge < -0.3 is 5.11 Å². The largest absolute Gasteiger partial charge is 0.508 e. The van der Waals surface area contributed by atoms with Crippen molar-refractivity contribution in [2.45, 2.75) is 70.1 Å². The van der Waals surface area contributed by atoms with E-state index in [1.165, 1.54) is 63.4 Å². The molecule has 0 aliphatic heterocycles. The summed E-state index contributed by atoms with van der Waals surface area (Å²) >= 11 is 0. The van der Waals surface area contributed by atoms with Crippen LogP contribution in [0.25, 0.3) is 0 Å². The molecule has 1 heteroatoms. The molecule has 1 saturated carbocycles. The van der Waals surface area contributed by atoms with Gasteiger partial charge in [-0.1, -0.05) is 57.6 Å². The minimum atomic E-state index is 0.387. The monoisotopic (exact) mass is 246 g/mol. The van der Waals surface area contributed by atoms with Crippen molar-refractivity contribution < 1.29 is 5.11 Å². The van der Waals surface area contributed by atoms with Gasteiger partial charge in [-0.25, -0.2) is 0 Å². The average molecular weight is 246 g/mol. The quantitative estimate of drug-likeness (QED) is 0.710. The first-order valence-corrected chi connectivity index (χ1v) is 7.56. The summed E-state index contributed by atoms with van der Waals surface area (Å²) in [5.41, 5.74) is 1.86. The molecule has 1 aliphatic carbocycles. The molecule has 0 spiro atoms. The van der Waals surface area contributed by atoms with Gasteiger partial charge in [-0.2, -0.15) is 0 Å². The van der Waals surface area contributed by atoms with E-state index in [2.05, 4.69) is 19.1 Å². The first-order valence-electron chi connectivity index (χ1n) is 7.56. The summed E-state index contributed by atoms with van der Waals surface area (Å²) in [6, 6.07) is 8.00. The lowest BCUT2D eigenvalue weighted by molar-refractivity contribution is 0.266. The van der Waals surface area contributed by atoms with E-state index >= 15 is 0 Å². The number of phenols is 1. The third-order valence-corrected chi connectivity index (χ3v) is 4.55. The fraction of sp³-hybridized carbons (Fsp3) is 0.647. The van der Waals surface area contributed by atoms with E-state index in [0.717, 1.165) is 0 Å². The van der Waals surface area contributed by atoms with E-state index in [1.807, 2.05) is 12.1 Å². The van der Waals surface area contributed by atoms with Crippen molar-refractivity contribution in [2.75, 3.05) is 0 Å². The summed E-state index contributed by atoms with van der Waals surface area (Å²) in [5, 5.41) is 9.45. The molecule has 1 aromatic rings. The summed E-state index contributed by atoms with van der Waals surface area (Å²) in [5.74, 6) is 0.387. The predicted molar refractivity (Wildman–Crippen MR) is 77.0 cm³/mol. The average Bonchev–Trinajstić information content (AvgIpc) is 2.41. The molecule has 0 atom stereocenters. The Bertz CT molecular complexity index is 346. The van der Waals surface area contributed by atoms with Crippen LogP contribution in [0.2, 0.25) is 0 Å². The second-order valence-corrected chi connectivity index (χ2v) is 5.84. The van der Waals surface area contributed by atoms with Crippen LogP contribution in [0.4, 0.5) is 0 Å². The number of aromatic hydroxyl groups is 1. The van der Waals surface area contributed by atoms with Gasteiger partial charge in [-0.15, -0.1) is 0 Å². The Morgan fingerprint density at radius 2 is 1.67 bits per heavy atom. The van der Waals surface area contributed by atoms with Crippen molar-refractivity contribution in [1.82, 2.24) is 0 Å². The summed E-state index contributed by atoms with van der Waals surface area (Å²) in [6.45, 7) is 2.27. The molecule has 1 nitrogen and oxygen atoms in total. The van der Waals surface area contributed by atoms with Crippen molar-refractivity contribution in [3.8, 4) is 5.75 Å². The second-order valence-electron chi connectivity index (χ2n) is 5.84. The van der Waals surface area contributed by atoms with Crippen molar-refractivity contribution in [2.24, 2.45) is 0 Å². The first kappa shape index (κ1) is 13.5. The Morgan fingerprint density at radius 3 is 2.28 bits per heavy atom. The molecule has 100 valence electrons. The van der Waals surface area contributed by atoms with E-state index in [-0.39, 0.29) is 0 Å². The minimum absolute atomic E-state index is 0.387. The lowest BCUT2D eigenvalue weighted by Crippen LogP contribution is -2.29. The standard InChI is InChI=1S/C17H26O/c1-2-3-5-12-17(13-6-4-7-14-17)15-8-10-16(18)11-9-15/h8-11,18H,2-7,12-14H2,1H3. The molecule has 0 amide bonds. The molecule has 0 bridgehead atoms. The van der Waals surface area contributed by atoms with Crippen LogP contribution >= 0.6 is 0 Å². The number of benzene rings is 1. The minimum Gasteiger partial charge on any atom is -0.508 e. The molecule has 0 heterocycles. The second kappa shape index (κ2) is 6.26. The van der Waals surface area contributed by atoms with Crippen LogP contribution in [0, 0.1) is 0 Å². The van der Waals surface area contributed by atoms with Crippen molar-refractivity contribution in [3.05, 3.63) is 29.8 Å². The Balaban J connectivity index is 2.15. The van der Waals surface area contributed by atoms with Crippen LogP contribution in [0.1, 0.15) is 70.3 Å². The molecule has 1 N–H and O–H groups in total. The highest BCUT2D eigenvalue weighted by Gasteiger charge is 2.32. The van der Waals surface area contributed by atoms with Crippen LogP contribution in [0.15, 0.2) is 24.3 Å². The number of phenolic OH excluding ortho intramolecular Hbond substituents is 1. The number of hydrogen-bond donors (Lipinski definition) is 1. The van der Waals surface area contributed by atoms with Gasteiger partial charge in [0.2, 0.25) is 0 Å². The maximum absolute atomic E-state index is 9.45. The number of rotatable bonds is 5. The zero-order valence-electron chi connectivity index (χ0n) is 11.6. The van der Waals surface area contributed by atoms with E-state index in [0.29, 0.717) is 11.2 Å². The van der Waals surface area contributed by atoms with Gasteiger partial charge in [0.25, 0.3) is 0 Å². The molecule has 1 aliphatic rings. The normalized spacial score (nSPS) is 18.7. The van der Waals surface area contributed by atoms with Gasteiger partial charge in [0, 0.05) is 0 Å². The SMILES string of the molecule is CCCCCC1(c2ccc(O)cc2)CCCCC1. The Kier molecular flexibility index (Phi) is 4.68. The van der Waals surface area contributed by atoms with Crippen LogP contribution in [0.3, 0.4) is 0 Å².